The van der Waals surface area contributed by atoms with E-state index in [0.717, 1.165) is 0 Å². The van der Waals surface area contributed by atoms with Gasteiger partial charge in [0.25, 0.3) is 9.05 Å². The average molecular weight is 304 g/mol. The first-order chi connectivity index (χ1) is 7.23. The molecule has 0 unspecified atom stereocenters. The second-order valence-electron chi connectivity index (χ2n) is 3.29. The minimum absolute atomic E-state index is 0.0390. The van der Waals surface area contributed by atoms with Crippen LogP contribution < -0.4 is 4.74 Å². The standard InChI is InChI=1S/C9H9Cl3O3S/c1-5(2)15-6-3-4-7(16(12,13)14)9(11)8(6)10/h3-5H,1-2H3. The quantitative estimate of drug-likeness (QED) is 0.800. The van der Waals surface area contributed by atoms with Gasteiger partial charge in [-0.2, -0.15) is 0 Å². The Bertz CT molecular complexity index is 497. The summed E-state index contributed by atoms with van der Waals surface area (Å²) in [7, 11) is 1.28. The molecule has 3 nitrogen and oxygen atoms in total. The van der Waals surface area contributed by atoms with Crippen molar-refractivity contribution in [2.24, 2.45) is 0 Å². The smallest absolute Gasteiger partial charge is 0.262 e. The van der Waals surface area contributed by atoms with Crippen LogP contribution in [-0.4, -0.2) is 14.5 Å². The summed E-state index contributed by atoms with van der Waals surface area (Å²) in [5.74, 6) is 0.325. The first kappa shape index (κ1) is 13.9. The predicted molar refractivity (Wildman–Crippen MR) is 65.3 cm³/mol. The molecule has 0 radical (unpaired) electrons. The molecule has 0 amide bonds. The molecular weight excluding hydrogens is 295 g/mol. The third-order valence-electron chi connectivity index (χ3n) is 1.64. The Labute approximate surface area is 109 Å². The maximum absolute atomic E-state index is 11.1. The van der Waals surface area contributed by atoms with E-state index in [2.05, 4.69) is 0 Å². The van der Waals surface area contributed by atoms with Crippen LogP contribution in [0.4, 0.5) is 0 Å². The highest BCUT2D eigenvalue weighted by Gasteiger charge is 2.20. The summed E-state index contributed by atoms with van der Waals surface area (Å²) in [6.07, 6.45) is -0.0907. The van der Waals surface area contributed by atoms with Crippen LogP contribution >= 0.6 is 33.9 Å². The number of halogens is 3. The lowest BCUT2D eigenvalue weighted by molar-refractivity contribution is 0.242. The van der Waals surface area contributed by atoms with Crippen LogP contribution in [0.2, 0.25) is 10.0 Å². The van der Waals surface area contributed by atoms with Gasteiger partial charge in [-0.25, -0.2) is 8.42 Å². The van der Waals surface area contributed by atoms with Gasteiger partial charge in [-0.1, -0.05) is 23.2 Å². The van der Waals surface area contributed by atoms with E-state index < -0.39 is 9.05 Å². The van der Waals surface area contributed by atoms with Crippen molar-refractivity contribution < 1.29 is 13.2 Å². The van der Waals surface area contributed by atoms with E-state index in [1.807, 2.05) is 13.8 Å². The van der Waals surface area contributed by atoms with Crippen LogP contribution in [0, 0.1) is 0 Å². The lowest BCUT2D eigenvalue weighted by atomic mass is 10.3. The number of hydrogen-bond donors (Lipinski definition) is 0. The molecule has 1 rings (SSSR count). The normalized spacial score (nSPS) is 11.9. The molecule has 0 aliphatic rings. The molecule has 1 aromatic carbocycles. The number of hydrogen-bond acceptors (Lipinski definition) is 3. The molecule has 0 aromatic heterocycles. The maximum atomic E-state index is 11.1. The molecule has 0 bridgehead atoms. The zero-order valence-electron chi connectivity index (χ0n) is 8.50. The molecular formula is C9H9Cl3O3S. The maximum Gasteiger partial charge on any atom is 0.262 e. The summed E-state index contributed by atoms with van der Waals surface area (Å²) in [6.45, 7) is 3.63. The lowest BCUT2D eigenvalue weighted by Gasteiger charge is -2.13. The fourth-order valence-corrected chi connectivity index (χ4v) is 2.82. The number of benzene rings is 1. The third-order valence-corrected chi connectivity index (χ3v) is 3.98. The van der Waals surface area contributed by atoms with Crippen LogP contribution in [0.15, 0.2) is 17.0 Å². The molecule has 0 aliphatic heterocycles. The van der Waals surface area contributed by atoms with Gasteiger partial charge in [0.15, 0.2) is 0 Å². The molecule has 0 spiro atoms. The summed E-state index contributed by atoms with van der Waals surface area (Å²) >= 11 is 11.7. The molecule has 90 valence electrons. The van der Waals surface area contributed by atoms with E-state index in [9.17, 15) is 8.42 Å². The summed E-state index contributed by atoms with van der Waals surface area (Å²) in [4.78, 5) is -0.225. The highest BCUT2D eigenvalue weighted by atomic mass is 35.7. The van der Waals surface area contributed by atoms with E-state index in [-0.39, 0.29) is 21.0 Å². The largest absolute Gasteiger partial charge is 0.489 e. The van der Waals surface area contributed by atoms with Crippen molar-refractivity contribution in [3.8, 4) is 5.75 Å². The minimum atomic E-state index is -3.90. The Kier molecular flexibility index (Phi) is 4.35. The van der Waals surface area contributed by atoms with Crippen molar-refractivity contribution in [1.29, 1.82) is 0 Å². The Balaban J connectivity index is 3.29. The highest BCUT2D eigenvalue weighted by Crippen LogP contribution is 2.38. The Morgan fingerprint density at radius 3 is 2.19 bits per heavy atom. The molecule has 0 aliphatic carbocycles. The SMILES string of the molecule is CC(C)Oc1ccc(S(=O)(=O)Cl)c(Cl)c1Cl. The zero-order valence-corrected chi connectivity index (χ0v) is 11.6. The van der Waals surface area contributed by atoms with Crippen LogP contribution in [0.3, 0.4) is 0 Å². The summed E-state index contributed by atoms with van der Waals surface area (Å²) in [6, 6.07) is 2.68. The van der Waals surface area contributed by atoms with Crippen LogP contribution in [0.1, 0.15) is 13.8 Å². The van der Waals surface area contributed by atoms with Gasteiger partial charge in [0, 0.05) is 10.7 Å². The van der Waals surface area contributed by atoms with Gasteiger partial charge in [0.05, 0.1) is 11.1 Å². The van der Waals surface area contributed by atoms with E-state index >= 15 is 0 Å². The van der Waals surface area contributed by atoms with Crippen molar-refractivity contribution in [3.05, 3.63) is 22.2 Å². The van der Waals surface area contributed by atoms with Gasteiger partial charge in [-0.05, 0) is 26.0 Å². The van der Waals surface area contributed by atoms with Crippen molar-refractivity contribution in [1.82, 2.24) is 0 Å². The molecule has 0 saturated heterocycles. The summed E-state index contributed by atoms with van der Waals surface area (Å²) in [5.41, 5.74) is 0. The lowest BCUT2D eigenvalue weighted by Crippen LogP contribution is -2.06. The third kappa shape index (κ3) is 3.17. The van der Waals surface area contributed by atoms with Crippen molar-refractivity contribution >= 4 is 42.9 Å². The van der Waals surface area contributed by atoms with Crippen LogP contribution in [0.25, 0.3) is 0 Å². The molecule has 0 saturated carbocycles. The monoisotopic (exact) mass is 302 g/mol. The van der Waals surface area contributed by atoms with Crippen LogP contribution in [-0.2, 0) is 9.05 Å². The summed E-state index contributed by atoms with van der Waals surface area (Å²) < 4.78 is 27.6. The second-order valence-corrected chi connectivity index (χ2v) is 6.58. The van der Waals surface area contributed by atoms with Crippen molar-refractivity contribution in [3.63, 3.8) is 0 Å². The van der Waals surface area contributed by atoms with E-state index in [0.29, 0.717) is 5.75 Å². The van der Waals surface area contributed by atoms with E-state index in [4.69, 9.17) is 38.6 Å². The first-order valence-electron chi connectivity index (χ1n) is 4.32. The molecule has 1 aromatic rings. The number of rotatable bonds is 3. The van der Waals surface area contributed by atoms with Crippen molar-refractivity contribution in [2.75, 3.05) is 0 Å². The summed E-state index contributed by atoms with van der Waals surface area (Å²) in [5, 5.41) is -0.0908. The van der Waals surface area contributed by atoms with Gasteiger partial charge in [0.2, 0.25) is 0 Å². The van der Waals surface area contributed by atoms with E-state index in [1.54, 1.807) is 0 Å². The zero-order chi connectivity index (χ0) is 12.5. The second kappa shape index (κ2) is 5.00. The molecule has 0 N–H and O–H groups in total. The van der Waals surface area contributed by atoms with Gasteiger partial charge < -0.3 is 4.74 Å². The van der Waals surface area contributed by atoms with Gasteiger partial charge in [0.1, 0.15) is 15.7 Å². The Morgan fingerprint density at radius 1 is 1.19 bits per heavy atom. The number of ether oxygens (including phenoxy) is 1. The average Bonchev–Trinajstić information content (AvgIpc) is 2.10. The Hall–Kier alpha value is -0.160. The van der Waals surface area contributed by atoms with Gasteiger partial charge in [-0.15, -0.1) is 0 Å². The fourth-order valence-electron chi connectivity index (χ4n) is 1.05. The highest BCUT2D eigenvalue weighted by molar-refractivity contribution is 8.13. The molecule has 0 heterocycles. The van der Waals surface area contributed by atoms with Crippen molar-refractivity contribution in [2.45, 2.75) is 24.8 Å². The molecule has 0 fully saturated rings. The minimum Gasteiger partial charge on any atom is -0.489 e. The predicted octanol–water partition coefficient (Wildman–Crippen LogP) is 3.71. The molecule has 7 heteroatoms. The molecule has 16 heavy (non-hydrogen) atoms. The van der Waals surface area contributed by atoms with Crippen LogP contribution in [0.5, 0.6) is 5.75 Å². The molecule has 0 atom stereocenters. The topological polar surface area (TPSA) is 43.4 Å². The first-order valence-corrected chi connectivity index (χ1v) is 7.39. The fraction of sp³-hybridized carbons (Fsp3) is 0.333. The van der Waals surface area contributed by atoms with Gasteiger partial charge in [-0.3, -0.25) is 0 Å². The Morgan fingerprint density at radius 2 is 1.75 bits per heavy atom. The van der Waals surface area contributed by atoms with E-state index in [1.165, 1.54) is 12.1 Å². The van der Waals surface area contributed by atoms with Gasteiger partial charge >= 0.3 is 0 Å².